The molecule has 0 saturated carbocycles. The second-order valence-electron chi connectivity index (χ2n) is 5.83. The Labute approximate surface area is 133 Å². The number of rotatable bonds is 3. The molecule has 1 aliphatic heterocycles. The molecule has 2 aromatic rings. The summed E-state index contributed by atoms with van der Waals surface area (Å²) in [5.74, 6) is 0.464. The van der Waals surface area contributed by atoms with Crippen LogP contribution in [-0.2, 0) is 4.74 Å². The molecule has 0 spiro atoms. The zero-order chi connectivity index (χ0) is 16.6. The molecule has 2 aromatic carbocycles. The van der Waals surface area contributed by atoms with Crippen molar-refractivity contribution in [3.8, 4) is 5.75 Å². The largest absolute Gasteiger partial charge is 0.462 e. The molecule has 0 bridgehead atoms. The third-order valence-corrected chi connectivity index (χ3v) is 4.07. The highest BCUT2D eigenvalue weighted by Crippen LogP contribution is 2.27. The summed E-state index contributed by atoms with van der Waals surface area (Å²) >= 11 is 0. The summed E-state index contributed by atoms with van der Waals surface area (Å²) in [6.07, 6.45) is -6.42. The maximum absolute atomic E-state index is 9.99. The van der Waals surface area contributed by atoms with E-state index >= 15 is 0 Å². The number of hydrogen-bond donors (Lipinski definition) is 4. The van der Waals surface area contributed by atoms with E-state index in [1.54, 1.807) is 12.1 Å². The smallest absolute Gasteiger partial charge is 0.229 e. The molecule has 124 valence electrons. The Hall–Kier alpha value is -1.70. The summed E-state index contributed by atoms with van der Waals surface area (Å²) in [5.41, 5.74) is 1.15. The van der Waals surface area contributed by atoms with Crippen molar-refractivity contribution in [2.24, 2.45) is 0 Å². The second kappa shape index (κ2) is 6.43. The molecule has 0 radical (unpaired) electrons. The number of fused-ring (bicyclic) bond motifs is 1. The summed E-state index contributed by atoms with van der Waals surface area (Å²) < 4.78 is 10.9. The lowest BCUT2D eigenvalue weighted by atomic mass is 9.99. The molecular weight excluding hydrogens is 300 g/mol. The van der Waals surface area contributed by atoms with Crippen molar-refractivity contribution >= 4 is 10.8 Å². The third-order valence-electron chi connectivity index (χ3n) is 4.07. The normalized spacial score (nSPS) is 31.3. The van der Waals surface area contributed by atoms with Crippen LogP contribution in [-0.4, -0.2) is 57.7 Å². The lowest BCUT2D eigenvalue weighted by molar-refractivity contribution is -0.277. The average molecular weight is 320 g/mol. The molecule has 0 aromatic heterocycles. The first kappa shape index (κ1) is 16.2. The third kappa shape index (κ3) is 3.17. The van der Waals surface area contributed by atoms with Crippen molar-refractivity contribution in [1.29, 1.82) is 0 Å². The maximum atomic E-state index is 9.99. The van der Waals surface area contributed by atoms with E-state index in [4.69, 9.17) is 9.47 Å². The fourth-order valence-corrected chi connectivity index (χ4v) is 2.72. The van der Waals surface area contributed by atoms with Gasteiger partial charge in [0.25, 0.3) is 0 Å². The van der Waals surface area contributed by atoms with E-state index in [9.17, 15) is 20.4 Å². The first-order valence-corrected chi connectivity index (χ1v) is 7.47. The minimum Gasteiger partial charge on any atom is -0.462 e. The van der Waals surface area contributed by atoms with Gasteiger partial charge in [0.1, 0.15) is 30.2 Å². The maximum Gasteiger partial charge on any atom is 0.229 e. The number of aliphatic hydroxyl groups excluding tert-OH is 4. The van der Waals surface area contributed by atoms with Gasteiger partial charge >= 0.3 is 0 Å². The van der Waals surface area contributed by atoms with Crippen molar-refractivity contribution in [2.45, 2.75) is 37.6 Å². The Kier molecular flexibility index (Phi) is 4.52. The van der Waals surface area contributed by atoms with E-state index in [2.05, 4.69) is 0 Å². The molecule has 0 aliphatic carbocycles. The lowest BCUT2D eigenvalue weighted by Crippen LogP contribution is -2.60. The number of hydrogen-bond acceptors (Lipinski definition) is 6. The zero-order valence-electron chi connectivity index (χ0n) is 12.7. The molecule has 5 atom stereocenters. The van der Waals surface area contributed by atoms with Gasteiger partial charge in [-0.3, -0.25) is 0 Å². The minimum atomic E-state index is -1.45. The first-order chi connectivity index (χ1) is 11.0. The van der Waals surface area contributed by atoms with Crippen LogP contribution in [0.15, 0.2) is 36.4 Å². The minimum absolute atomic E-state index is 0.464. The highest BCUT2D eigenvalue weighted by atomic mass is 16.7. The molecule has 1 fully saturated rings. The van der Waals surface area contributed by atoms with E-state index in [0.717, 1.165) is 16.3 Å². The standard InChI is InChI=1S/C17H20O6/c1-9-2-3-11-7-12(5-4-10(11)6-9)22-17-16(21)15(20)14(19)13(8-18)23-17/h2-7,13-21H,8H2,1H3. The summed E-state index contributed by atoms with van der Waals surface area (Å²) in [7, 11) is 0. The first-order valence-electron chi connectivity index (χ1n) is 7.47. The fourth-order valence-electron chi connectivity index (χ4n) is 2.72. The topological polar surface area (TPSA) is 99.4 Å². The van der Waals surface area contributed by atoms with Crippen LogP contribution in [0.25, 0.3) is 10.8 Å². The van der Waals surface area contributed by atoms with Crippen LogP contribution >= 0.6 is 0 Å². The van der Waals surface area contributed by atoms with Gasteiger partial charge in [-0.05, 0) is 29.8 Å². The van der Waals surface area contributed by atoms with E-state index in [1.807, 2.05) is 31.2 Å². The van der Waals surface area contributed by atoms with E-state index < -0.39 is 37.3 Å². The molecule has 1 saturated heterocycles. The van der Waals surface area contributed by atoms with Gasteiger partial charge in [-0.2, -0.15) is 0 Å². The van der Waals surface area contributed by atoms with Gasteiger partial charge in [0.2, 0.25) is 6.29 Å². The molecule has 4 N–H and O–H groups in total. The van der Waals surface area contributed by atoms with E-state index in [0.29, 0.717) is 5.75 Å². The van der Waals surface area contributed by atoms with Crippen LogP contribution in [0.4, 0.5) is 0 Å². The van der Waals surface area contributed by atoms with Crippen molar-refractivity contribution < 1.29 is 29.9 Å². The quantitative estimate of drug-likeness (QED) is 0.650. The van der Waals surface area contributed by atoms with Crippen LogP contribution in [0, 0.1) is 6.92 Å². The molecule has 1 aliphatic rings. The Balaban J connectivity index is 1.81. The summed E-state index contributed by atoms with van der Waals surface area (Å²) in [6.45, 7) is 1.53. The molecule has 6 nitrogen and oxygen atoms in total. The summed E-state index contributed by atoms with van der Waals surface area (Å²) in [4.78, 5) is 0. The van der Waals surface area contributed by atoms with Gasteiger partial charge < -0.3 is 29.9 Å². The number of aliphatic hydroxyl groups is 4. The average Bonchev–Trinajstić information content (AvgIpc) is 2.55. The zero-order valence-corrected chi connectivity index (χ0v) is 12.7. The summed E-state index contributed by atoms with van der Waals surface area (Å²) in [5, 5.41) is 40.7. The second-order valence-corrected chi connectivity index (χ2v) is 5.83. The molecule has 23 heavy (non-hydrogen) atoms. The predicted molar refractivity (Wildman–Crippen MR) is 83.1 cm³/mol. The van der Waals surface area contributed by atoms with Gasteiger partial charge in [0, 0.05) is 0 Å². The summed E-state index contributed by atoms with van der Waals surface area (Å²) in [6, 6.07) is 11.4. The monoisotopic (exact) mass is 320 g/mol. The van der Waals surface area contributed by atoms with Crippen LogP contribution < -0.4 is 4.74 Å². The number of benzene rings is 2. The molecule has 5 unspecified atom stereocenters. The van der Waals surface area contributed by atoms with Crippen molar-refractivity contribution in [3.05, 3.63) is 42.0 Å². The van der Waals surface area contributed by atoms with Gasteiger partial charge in [0.05, 0.1) is 6.61 Å². The Morgan fingerprint density at radius 1 is 0.957 bits per heavy atom. The van der Waals surface area contributed by atoms with Crippen LogP contribution in [0.2, 0.25) is 0 Å². The molecule has 0 amide bonds. The SMILES string of the molecule is Cc1ccc2cc(OC3OC(CO)C(O)C(O)C3O)ccc2c1. The fraction of sp³-hybridized carbons (Fsp3) is 0.412. The Bertz CT molecular complexity index is 686. The molecule has 6 heteroatoms. The molecule has 3 rings (SSSR count). The van der Waals surface area contributed by atoms with Gasteiger partial charge in [0.15, 0.2) is 0 Å². The van der Waals surface area contributed by atoms with Crippen molar-refractivity contribution in [1.82, 2.24) is 0 Å². The van der Waals surface area contributed by atoms with Crippen LogP contribution in [0.5, 0.6) is 5.75 Å². The Morgan fingerprint density at radius 2 is 1.65 bits per heavy atom. The van der Waals surface area contributed by atoms with Gasteiger partial charge in [-0.15, -0.1) is 0 Å². The highest BCUT2D eigenvalue weighted by Gasteiger charge is 2.44. The number of aryl methyl sites for hydroxylation is 1. The van der Waals surface area contributed by atoms with Crippen molar-refractivity contribution in [2.75, 3.05) is 6.61 Å². The van der Waals surface area contributed by atoms with Crippen molar-refractivity contribution in [3.63, 3.8) is 0 Å². The van der Waals surface area contributed by atoms with Gasteiger partial charge in [-0.25, -0.2) is 0 Å². The predicted octanol–water partition coefficient (Wildman–Crippen LogP) is 0.327. The number of ether oxygens (including phenoxy) is 2. The lowest BCUT2D eigenvalue weighted by Gasteiger charge is -2.39. The molecule has 1 heterocycles. The van der Waals surface area contributed by atoms with Crippen LogP contribution in [0.1, 0.15) is 5.56 Å². The van der Waals surface area contributed by atoms with E-state index in [1.165, 1.54) is 0 Å². The van der Waals surface area contributed by atoms with Gasteiger partial charge in [-0.1, -0.05) is 29.8 Å². The Morgan fingerprint density at radius 3 is 2.39 bits per heavy atom. The van der Waals surface area contributed by atoms with Crippen LogP contribution in [0.3, 0.4) is 0 Å². The highest BCUT2D eigenvalue weighted by molar-refractivity contribution is 5.84. The molecular formula is C17H20O6. The van der Waals surface area contributed by atoms with E-state index in [-0.39, 0.29) is 0 Å².